The lowest BCUT2D eigenvalue weighted by Crippen LogP contribution is -2.54. The lowest BCUT2D eigenvalue weighted by atomic mass is 9.78. The highest BCUT2D eigenvalue weighted by atomic mass is 79.9. The van der Waals surface area contributed by atoms with Crippen molar-refractivity contribution in [2.75, 3.05) is 5.32 Å². The topological polar surface area (TPSA) is 93.5 Å². The molecule has 0 radical (unpaired) electrons. The number of anilines is 1. The van der Waals surface area contributed by atoms with E-state index in [0.717, 1.165) is 0 Å². The first kappa shape index (κ1) is 22.5. The van der Waals surface area contributed by atoms with Crippen LogP contribution in [0, 0.1) is 15.9 Å². The van der Waals surface area contributed by atoms with Crippen molar-refractivity contribution >= 4 is 27.5 Å². The molecule has 1 saturated heterocycles. The van der Waals surface area contributed by atoms with Gasteiger partial charge in [-0.25, -0.2) is 4.39 Å². The normalized spacial score (nSPS) is 25.3. The van der Waals surface area contributed by atoms with Crippen molar-refractivity contribution in [3.63, 3.8) is 0 Å². The quantitative estimate of drug-likeness (QED) is 0.370. The van der Waals surface area contributed by atoms with Gasteiger partial charge in [0.05, 0.1) is 10.4 Å². The van der Waals surface area contributed by atoms with Crippen LogP contribution in [0.5, 0.6) is 5.75 Å². The summed E-state index contributed by atoms with van der Waals surface area (Å²) in [5, 5.41) is 18.5. The van der Waals surface area contributed by atoms with E-state index in [2.05, 4.69) is 26.6 Å². The van der Waals surface area contributed by atoms with Crippen LogP contribution in [0.3, 0.4) is 0 Å². The Balaban J connectivity index is 1.47. The molecule has 4 atom stereocenters. The van der Waals surface area contributed by atoms with Crippen LogP contribution in [0.4, 0.5) is 10.1 Å². The van der Waals surface area contributed by atoms with Crippen molar-refractivity contribution < 1.29 is 18.8 Å². The maximum absolute atomic E-state index is 13.4. The number of hydrogen-bond donors (Lipinski definition) is 2. The number of rotatable bonds is 5. The van der Waals surface area contributed by atoms with Crippen molar-refractivity contribution in [1.82, 2.24) is 5.32 Å². The van der Waals surface area contributed by atoms with Gasteiger partial charge < -0.3 is 10.1 Å². The van der Waals surface area contributed by atoms with Gasteiger partial charge in [0.1, 0.15) is 18.2 Å². The van der Waals surface area contributed by atoms with E-state index in [-0.39, 0.29) is 23.4 Å². The number of benzene rings is 3. The molecule has 3 aromatic carbocycles. The maximum Gasteiger partial charge on any atom is 0.256 e. The standard InChI is InChI=1S/C25H21BrFN3O4/c1-14-22(16-9-10-21(19(26)12-16)34-13-15-5-4-6-17(27)11-15)23(30(32)33)25(29-14)18-7-2-3-8-20(18)28-24(25)31/h2-12,14,22-23,29H,13H2,1H3,(H,28,31)/t14-,22-,23-,25-/m0/s1. The molecule has 0 unspecified atom stereocenters. The molecule has 34 heavy (non-hydrogen) atoms. The van der Waals surface area contributed by atoms with E-state index in [1.165, 1.54) is 12.1 Å². The van der Waals surface area contributed by atoms with Crippen molar-refractivity contribution in [1.29, 1.82) is 0 Å². The first-order chi connectivity index (χ1) is 16.3. The van der Waals surface area contributed by atoms with Gasteiger partial charge in [-0.1, -0.05) is 36.4 Å². The number of nitrogens with zero attached hydrogens (tertiary/aromatic N) is 1. The van der Waals surface area contributed by atoms with Gasteiger partial charge in [-0.3, -0.25) is 20.2 Å². The van der Waals surface area contributed by atoms with Gasteiger partial charge in [-0.15, -0.1) is 0 Å². The second kappa shape index (κ2) is 8.48. The van der Waals surface area contributed by atoms with Gasteiger partial charge >= 0.3 is 0 Å². The number of halogens is 2. The molecular weight excluding hydrogens is 505 g/mol. The Hall–Kier alpha value is -3.30. The van der Waals surface area contributed by atoms with Crippen LogP contribution in [0.2, 0.25) is 0 Å². The Morgan fingerprint density at radius 1 is 1.15 bits per heavy atom. The van der Waals surface area contributed by atoms with Gasteiger partial charge in [0, 0.05) is 22.2 Å². The number of amides is 1. The summed E-state index contributed by atoms with van der Waals surface area (Å²) >= 11 is 3.50. The number of nitro groups is 1. The van der Waals surface area contributed by atoms with E-state index in [0.29, 0.717) is 32.6 Å². The van der Waals surface area contributed by atoms with Gasteiger partial charge in [0.25, 0.3) is 11.9 Å². The van der Waals surface area contributed by atoms with Crippen LogP contribution in [-0.4, -0.2) is 22.9 Å². The molecule has 1 amide bonds. The average Bonchev–Trinajstić information content (AvgIpc) is 3.27. The van der Waals surface area contributed by atoms with Crippen LogP contribution in [0.15, 0.2) is 71.2 Å². The summed E-state index contributed by atoms with van der Waals surface area (Å²) in [7, 11) is 0. The molecule has 5 rings (SSSR count). The maximum atomic E-state index is 13.4. The predicted molar refractivity (Wildman–Crippen MR) is 128 cm³/mol. The lowest BCUT2D eigenvalue weighted by molar-refractivity contribution is -0.532. The SMILES string of the molecule is C[C@@H]1N[C@]2(C(=O)Nc3ccccc32)[C@@H]([N+](=O)[O-])[C@@H]1c1ccc(OCc2cccc(F)c2)c(Br)c1. The number of carbonyl (C=O) groups is 1. The monoisotopic (exact) mass is 525 g/mol. The van der Waals surface area contributed by atoms with E-state index in [4.69, 9.17) is 4.74 Å². The van der Waals surface area contributed by atoms with Crippen molar-refractivity contribution in [3.8, 4) is 5.75 Å². The fourth-order valence-electron chi connectivity index (χ4n) is 5.18. The second-order valence-corrected chi connectivity index (χ2v) is 9.46. The molecule has 1 spiro atoms. The predicted octanol–water partition coefficient (Wildman–Crippen LogP) is 4.74. The van der Waals surface area contributed by atoms with Crippen LogP contribution in [0.25, 0.3) is 0 Å². The summed E-state index contributed by atoms with van der Waals surface area (Å²) in [5.41, 5.74) is 1.11. The number of hydrogen-bond acceptors (Lipinski definition) is 5. The lowest BCUT2D eigenvalue weighted by Gasteiger charge is -2.25. The number of fused-ring (bicyclic) bond motifs is 2. The Morgan fingerprint density at radius 2 is 1.94 bits per heavy atom. The molecule has 9 heteroatoms. The van der Waals surface area contributed by atoms with Crippen LogP contribution in [0.1, 0.15) is 29.5 Å². The largest absolute Gasteiger partial charge is 0.488 e. The molecule has 2 aliphatic rings. The van der Waals surface area contributed by atoms with E-state index < -0.39 is 23.4 Å². The molecular formula is C25H21BrFN3O4. The highest BCUT2D eigenvalue weighted by molar-refractivity contribution is 9.10. The molecule has 2 heterocycles. The molecule has 2 N–H and O–H groups in total. The molecule has 0 saturated carbocycles. The second-order valence-electron chi connectivity index (χ2n) is 8.61. The third kappa shape index (κ3) is 3.56. The highest BCUT2D eigenvalue weighted by Gasteiger charge is 2.67. The summed E-state index contributed by atoms with van der Waals surface area (Å²) in [5.74, 6) is -0.794. The summed E-state index contributed by atoms with van der Waals surface area (Å²) in [6, 6.07) is 17.0. The summed E-state index contributed by atoms with van der Waals surface area (Å²) in [6.07, 6.45) is 0. The van der Waals surface area contributed by atoms with E-state index >= 15 is 0 Å². The average molecular weight is 526 g/mol. The number of para-hydroxylation sites is 1. The minimum atomic E-state index is -1.46. The van der Waals surface area contributed by atoms with Gasteiger partial charge in [-0.2, -0.15) is 0 Å². The Morgan fingerprint density at radius 3 is 2.68 bits per heavy atom. The molecule has 0 bridgehead atoms. The fourth-order valence-corrected chi connectivity index (χ4v) is 5.69. The van der Waals surface area contributed by atoms with Crippen molar-refractivity contribution in [2.24, 2.45) is 0 Å². The van der Waals surface area contributed by atoms with Crippen LogP contribution in [-0.2, 0) is 16.9 Å². The number of nitrogens with one attached hydrogen (secondary N) is 2. The molecule has 0 aromatic heterocycles. The number of carbonyl (C=O) groups excluding carboxylic acids is 1. The van der Waals surface area contributed by atoms with E-state index in [1.54, 1.807) is 54.6 Å². The van der Waals surface area contributed by atoms with Crippen molar-refractivity contribution in [3.05, 3.63) is 104 Å². The van der Waals surface area contributed by atoms with E-state index in [9.17, 15) is 19.3 Å². The van der Waals surface area contributed by atoms with Gasteiger partial charge in [-0.05, 0) is 64.3 Å². The fraction of sp³-hybridized carbons (Fsp3) is 0.240. The van der Waals surface area contributed by atoms with Crippen LogP contribution < -0.4 is 15.4 Å². The molecule has 1 fully saturated rings. The Bertz CT molecular complexity index is 1300. The Kier molecular flexibility index (Phi) is 5.61. The zero-order valence-corrected chi connectivity index (χ0v) is 19.7. The smallest absolute Gasteiger partial charge is 0.256 e. The minimum absolute atomic E-state index is 0.175. The van der Waals surface area contributed by atoms with Gasteiger partial charge in [0.2, 0.25) is 0 Å². The van der Waals surface area contributed by atoms with E-state index in [1.807, 2.05) is 6.92 Å². The number of ether oxygens (including phenoxy) is 1. The summed E-state index contributed by atoms with van der Waals surface area (Å²) in [4.78, 5) is 25.2. The molecule has 3 aromatic rings. The summed E-state index contributed by atoms with van der Waals surface area (Å²) < 4.78 is 19.9. The first-order valence-corrected chi connectivity index (χ1v) is 11.6. The third-order valence-corrected chi connectivity index (χ3v) is 7.21. The van der Waals surface area contributed by atoms with Gasteiger partial charge in [0.15, 0.2) is 5.54 Å². The Labute approximate surface area is 203 Å². The molecule has 0 aliphatic carbocycles. The molecule has 7 nitrogen and oxygen atoms in total. The first-order valence-electron chi connectivity index (χ1n) is 10.8. The van der Waals surface area contributed by atoms with Crippen LogP contribution >= 0.6 is 15.9 Å². The summed E-state index contributed by atoms with van der Waals surface area (Å²) in [6.45, 7) is 2.03. The third-order valence-electron chi connectivity index (χ3n) is 6.59. The zero-order valence-electron chi connectivity index (χ0n) is 18.1. The zero-order chi connectivity index (χ0) is 24.0. The minimum Gasteiger partial charge on any atom is -0.488 e. The molecule has 174 valence electrons. The van der Waals surface area contributed by atoms with Crippen molar-refractivity contribution in [2.45, 2.75) is 37.1 Å². The highest BCUT2D eigenvalue weighted by Crippen LogP contribution is 2.50. The molecule has 2 aliphatic heterocycles.